The molecule has 0 amide bonds. The van der Waals surface area contributed by atoms with Crippen LogP contribution in [0.25, 0.3) is 21.9 Å². The highest BCUT2D eigenvalue weighted by atomic mass is 35.5. The highest BCUT2D eigenvalue weighted by Gasteiger charge is 2.11. The first kappa shape index (κ1) is 21.9. The summed E-state index contributed by atoms with van der Waals surface area (Å²) in [5.74, 6) is 2.62. The third-order valence-electron chi connectivity index (χ3n) is 5.35. The van der Waals surface area contributed by atoms with Crippen molar-refractivity contribution < 1.29 is 18.8 Å². The molecule has 2 heterocycles. The number of aromatic amines is 1. The van der Waals surface area contributed by atoms with Gasteiger partial charge < -0.3 is 19.5 Å². The van der Waals surface area contributed by atoms with E-state index >= 15 is 0 Å². The van der Waals surface area contributed by atoms with Crippen LogP contribution in [0, 0.1) is 0 Å². The minimum Gasteiger partial charge on any atom is -0.491 e. The maximum Gasteiger partial charge on any atom is 0.242 e. The predicted octanol–water partition coefficient (Wildman–Crippen LogP) is 5.15. The van der Waals surface area contributed by atoms with E-state index in [4.69, 9.17) is 25.8 Å². The van der Waals surface area contributed by atoms with Gasteiger partial charge >= 0.3 is 0 Å². The molecule has 5 rings (SSSR count). The van der Waals surface area contributed by atoms with Crippen LogP contribution < -0.4 is 19.4 Å². The number of aromatic nitrogens is 4. The molecule has 2 aromatic heterocycles. The standard InChI is InChI=1S/C25H22ClN5O3/c1-31-15-29-22-13-18(5-7-23(22)31)34-24-8-3-16(11-20(24)26)30-25-19-12-17(33-10-9-32-2)4-6-21(19)27-14-28-25/h3-8,11-15H,9-10H2,1-2H3,(H,27,28,30)/p+1. The topological polar surface area (TPSA) is 85.2 Å². The number of halogens is 1. The van der Waals surface area contributed by atoms with Crippen LogP contribution in [0.2, 0.25) is 5.02 Å². The van der Waals surface area contributed by atoms with Gasteiger partial charge in [-0.05, 0) is 48.5 Å². The van der Waals surface area contributed by atoms with Gasteiger partial charge in [-0.3, -0.25) is 0 Å². The summed E-state index contributed by atoms with van der Waals surface area (Å²) in [5, 5.41) is 4.63. The zero-order valence-electron chi connectivity index (χ0n) is 18.7. The molecule has 3 aromatic carbocycles. The highest BCUT2D eigenvalue weighted by Crippen LogP contribution is 2.34. The Hall–Kier alpha value is -3.88. The molecule has 0 saturated carbocycles. The van der Waals surface area contributed by atoms with Gasteiger partial charge in [0.1, 0.15) is 36.0 Å². The molecule has 0 bridgehead atoms. The first-order valence-electron chi connectivity index (χ1n) is 10.7. The lowest BCUT2D eigenvalue weighted by Gasteiger charge is -2.12. The van der Waals surface area contributed by atoms with Gasteiger partial charge in [0, 0.05) is 24.2 Å². The van der Waals surface area contributed by atoms with Gasteiger partial charge in [0.05, 0.1) is 24.2 Å². The Balaban J connectivity index is 1.36. The molecule has 9 heteroatoms. The normalized spacial score (nSPS) is 11.1. The van der Waals surface area contributed by atoms with Crippen molar-refractivity contribution >= 4 is 45.0 Å². The number of fused-ring (bicyclic) bond motifs is 2. The molecule has 34 heavy (non-hydrogen) atoms. The van der Waals surface area contributed by atoms with Crippen molar-refractivity contribution in [1.82, 2.24) is 15.0 Å². The van der Waals surface area contributed by atoms with Crippen molar-refractivity contribution in [1.29, 1.82) is 0 Å². The monoisotopic (exact) mass is 476 g/mol. The Kier molecular flexibility index (Phi) is 6.16. The first-order valence-corrected chi connectivity index (χ1v) is 11.1. The molecule has 2 N–H and O–H groups in total. The Morgan fingerprint density at radius 2 is 1.88 bits per heavy atom. The fourth-order valence-corrected chi connectivity index (χ4v) is 3.85. The average Bonchev–Trinajstić information content (AvgIpc) is 3.21. The van der Waals surface area contributed by atoms with E-state index in [2.05, 4.69) is 20.3 Å². The van der Waals surface area contributed by atoms with Gasteiger partial charge in [-0.25, -0.2) is 19.5 Å². The van der Waals surface area contributed by atoms with Gasteiger partial charge in [0.2, 0.25) is 6.33 Å². The van der Waals surface area contributed by atoms with E-state index in [1.54, 1.807) is 13.2 Å². The number of hydrogen-bond donors (Lipinski definition) is 2. The second-order valence-electron chi connectivity index (χ2n) is 7.68. The van der Waals surface area contributed by atoms with Gasteiger partial charge in [-0.1, -0.05) is 11.6 Å². The van der Waals surface area contributed by atoms with Crippen LogP contribution in [0.3, 0.4) is 0 Å². The van der Waals surface area contributed by atoms with Crippen molar-refractivity contribution in [2.24, 2.45) is 7.05 Å². The fraction of sp³-hybridized carbons (Fsp3) is 0.160. The van der Waals surface area contributed by atoms with Gasteiger partial charge in [0.25, 0.3) is 0 Å². The number of anilines is 2. The zero-order valence-corrected chi connectivity index (χ0v) is 19.5. The molecule has 0 radical (unpaired) electrons. The van der Waals surface area contributed by atoms with Crippen molar-refractivity contribution in [2.75, 3.05) is 25.6 Å². The fourth-order valence-electron chi connectivity index (χ4n) is 3.63. The van der Waals surface area contributed by atoms with Crippen LogP contribution in [0.5, 0.6) is 17.2 Å². The highest BCUT2D eigenvalue weighted by molar-refractivity contribution is 6.32. The summed E-state index contributed by atoms with van der Waals surface area (Å²) in [6.45, 7) is 0.976. The number of nitrogens with one attached hydrogen (secondary N) is 2. The lowest BCUT2D eigenvalue weighted by Crippen LogP contribution is -2.24. The number of aryl methyl sites for hydroxylation is 1. The SMILES string of the molecule is COCCOc1ccc2ncnc(Nc3ccc(Oc4ccc5c(c4)[nH]c[n+]5C)c(Cl)c3)c2c1. The summed E-state index contributed by atoms with van der Waals surface area (Å²) in [6.07, 6.45) is 3.42. The van der Waals surface area contributed by atoms with Crippen molar-refractivity contribution in [3.8, 4) is 17.2 Å². The second-order valence-corrected chi connectivity index (χ2v) is 8.09. The molecule has 0 atom stereocenters. The smallest absolute Gasteiger partial charge is 0.242 e. The van der Waals surface area contributed by atoms with E-state index in [9.17, 15) is 0 Å². The van der Waals surface area contributed by atoms with Crippen LogP contribution in [0.1, 0.15) is 0 Å². The van der Waals surface area contributed by atoms with E-state index in [-0.39, 0.29) is 0 Å². The number of rotatable bonds is 8. The third-order valence-corrected chi connectivity index (χ3v) is 5.64. The Bertz CT molecular complexity index is 1470. The lowest BCUT2D eigenvalue weighted by atomic mass is 10.2. The van der Waals surface area contributed by atoms with Gasteiger partial charge in [-0.15, -0.1) is 0 Å². The summed E-state index contributed by atoms with van der Waals surface area (Å²) in [7, 11) is 3.62. The van der Waals surface area contributed by atoms with E-state index < -0.39 is 0 Å². The molecule has 172 valence electrons. The van der Waals surface area contributed by atoms with Crippen molar-refractivity contribution in [2.45, 2.75) is 0 Å². The summed E-state index contributed by atoms with van der Waals surface area (Å²) in [4.78, 5) is 12.0. The first-order chi connectivity index (χ1) is 16.6. The van der Waals surface area contributed by atoms with E-state index in [0.29, 0.717) is 35.6 Å². The van der Waals surface area contributed by atoms with Crippen LogP contribution in [-0.2, 0) is 11.8 Å². The van der Waals surface area contributed by atoms with Gasteiger partial charge in [0.15, 0.2) is 11.0 Å². The molecule has 5 aromatic rings. The molecule has 0 spiro atoms. The number of ether oxygens (including phenoxy) is 3. The Labute approximate surface area is 201 Å². The van der Waals surface area contributed by atoms with Crippen LogP contribution in [-0.4, -0.2) is 35.3 Å². The average molecular weight is 477 g/mol. The lowest BCUT2D eigenvalue weighted by molar-refractivity contribution is -0.644. The number of benzene rings is 3. The molecule has 0 unspecified atom stereocenters. The maximum absolute atomic E-state index is 6.54. The quantitative estimate of drug-likeness (QED) is 0.238. The maximum atomic E-state index is 6.54. The summed E-state index contributed by atoms with van der Waals surface area (Å²) < 4.78 is 18.8. The predicted molar refractivity (Wildman–Crippen MR) is 131 cm³/mol. The molecule has 0 aliphatic heterocycles. The third kappa shape index (κ3) is 4.59. The van der Waals surface area contributed by atoms with Crippen LogP contribution >= 0.6 is 11.6 Å². The molecule has 0 aliphatic carbocycles. The van der Waals surface area contributed by atoms with Crippen molar-refractivity contribution in [3.05, 3.63) is 72.3 Å². The number of H-pyrrole nitrogens is 1. The number of methoxy groups -OCH3 is 1. The van der Waals surface area contributed by atoms with Crippen LogP contribution in [0.15, 0.2) is 67.3 Å². The minimum absolute atomic E-state index is 0.463. The number of nitrogens with zero attached hydrogens (tertiary/aromatic N) is 3. The Morgan fingerprint density at radius 3 is 2.74 bits per heavy atom. The van der Waals surface area contributed by atoms with Crippen molar-refractivity contribution in [3.63, 3.8) is 0 Å². The van der Waals surface area contributed by atoms with Gasteiger partial charge in [-0.2, -0.15) is 0 Å². The summed E-state index contributed by atoms with van der Waals surface area (Å²) in [6, 6.07) is 17.1. The molecular weight excluding hydrogens is 454 g/mol. The largest absolute Gasteiger partial charge is 0.491 e. The molecule has 0 fully saturated rings. The Morgan fingerprint density at radius 1 is 1.00 bits per heavy atom. The minimum atomic E-state index is 0.463. The zero-order chi connectivity index (χ0) is 23.5. The molecule has 0 aliphatic rings. The molecule has 8 nitrogen and oxygen atoms in total. The number of imidazole rings is 1. The second kappa shape index (κ2) is 9.54. The molecule has 0 saturated heterocycles. The molecular formula is C25H23ClN5O3+. The number of hydrogen-bond acceptors (Lipinski definition) is 6. The summed E-state index contributed by atoms with van der Waals surface area (Å²) >= 11 is 6.54. The van der Waals surface area contributed by atoms with E-state index in [1.165, 1.54) is 6.33 Å². The summed E-state index contributed by atoms with van der Waals surface area (Å²) in [5.41, 5.74) is 3.64. The van der Waals surface area contributed by atoms with Crippen LogP contribution in [0.4, 0.5) is 11.5 Å². The van der Waals surface area contributed by atoms with E-state index in [1.807, 2.05) is 66.5 Å². The van der Waals surface area contributed by atoms with E-state index in [0.717, 1.165) is 33.4 Å².